The molecule has 234 valence electrons. The van der Waals surface area contributed by atoms with Gasteiger partial charge in [0.2, 0.25) is 0 Å². The number of hydrogen-bond donors (Lipinski definition) is 1. The van der Waals surface area contributed by atoms with Gasteiger partial charge in [-0.3, -0.25) is 0 Å². The molecule has 0 atom stereocenters. The fourth-order valence-electron chi connectivity index (χ4n) is 5.04. The van der Waals surface area contributed by atoms with Crippen molar-refractivity contribution in [3.05, 3.63) is 48.5 Å². The minimum atomic E-state index is -0.807. The summed E-state index contributed by atoms with van der Waals surface area (Å²) < 4.78 is 34.6. The van der Waals surface area contributed by atoms with E-state index in [4.69, 9.17) is 19.2 Å². The van der Waals surface area contributed by atoms with Gasteiger partial charge < -0.3 is 29.0 Å². The lowest BCUT2D eigenvalue weighted by Crippen LogP contribution is -2.42. The van der Waals surface area contributed by atoms with Crippen LogP contribution in [0.5, 0.6) is 5.75 Å². The first kappa shape index (κ1) is 30.8. The van der Waals surface area contributed by atoms with Crippen molar-refractivity contribution >= 4 is 35.0 Å². The summed E-state index contributed by atoms with van der Waals surface area (Å²) in [6, 6.07) is 7.94. The van der Waals surface area contributed by atoms with Crippen LogP contribution in [0.25, 0.3) is 22.4 Å². The molecule has 3 aromatic heterocycles. The van der Waals surface area contributed by atoms with Gasteiger partial charge in [0.1, 0.15) is 28.3 Å². The summed E-state index contributed by atoms with van der Waals surface area (Å²) in [5, 5.41) is 7.50. The van der Waals surface area contributed by atoms with Gasteiger partial charge in [-0.1, -0.05) is 6.07 Å². The molecule has 1 aliphatic heterocycles. The second kappa shape index (κ2) is 11.8. The topological polar surface area (TPSA) is 126 Å². The van der Waals surface area contributed by atoms with Crippen LogP contribution < -0.4 is 10.1 Å². The average Bonchev–Trinajstić information content (AvgIpc) is 3.55. The van der Waals surface area contributed by atoms with Gasteiger partial charge >= 0.3 is 12.2 Å². The van der Waals surface area contributed by atoms with E-state index in [1.165, 1.54) is 25.3 Å². The van der Waals surface area contributed by atoms with Crippen molar-refractivity contribution in [1.82, 2.24) is 29.2 Å². The lowest BCUT2D eigenvalue weighted by atomic mass is 10.1. The van der Waals surface area contributed by atoms with E-state index in [0.717, 1.165) is 17.5 Å². The van der Waals surface area contributed by atoms with Crippen LogP contribution >= 0.6 is 0 Å². The fraction of sp³-hybridized carbons (Fsp3) is 0.452. The van der Waals surface area contributed by atoms with Crippen LogP contribution in [0.4, 0.5) is 25.6 Å². The van der Waals surface area contributed by atoms with Gasteiger partial charge in [-0.2, -0.15) is 4.68 Å². The summed E-state index contributed by atoms with van der Waals surface area (Å²) in [7, 11) is 1.42. The van der Waals surface area contributed by atoms with Crippen molar-refractivity contribution in [3.63, 3.8) is 0 Å². The van der Waals surface area contributed by atoms with Gasteiger partial charge in [0, 0.05) is 31.4 Å². The maximum absolute atomic E-state index is 15.1. The molecular weight excluding hydrogens is 569 g/mol. The number of aromatic nitrogens is 5. The molecule has 4 aromatic rings. The van der Waals surface area contributed by atoms with Gasteiger partial charge in [-0.05, 0) is 72.6 Å². The molecule has 0 spiro atoms. The van der Waals surface area contributed by atoms with Crippen molar-refractivity contribution < 1.29 is 28.2 Å². The Bertz CT molecular complexity index is 1680. The molecule has 1 saturated heterocycles. The molecule has 1 aliphatic rings. The Morgan fingerprint density at radius 3 is 2.32 bits per heavy atom. The van der Waals surface area contributed by atoms with E-state index in [1.54, 1.807) is 37.9 Å². The van der Waals surface area contributed by atoms with Crippen molar-refractivity contribution in [2.75, 3.05) is 25.5 Å². The van der Waals surface area contributed by atoms with Crippen LogP contribution in [0.1, 0.15) is 60.4 Å². The predicted octanol–water partition coefficient (Wildman–Crippen LogP) is 6.54. The number of anilines is 2. The highest BCUT2D eigenvalue weighted by Gasteiger charge is 2.29. The number of hydrogen-bond acceptors (Lipinski definition) is 9. The van der Waals surface area contributed by atoms with Crippen molar-refractivity contribution in [2.24, 2.45) is 0 Å². The Morgan fingerprint density at radius 1 is 0.977 bits per heavy atom. The molecule has 4 heterocycles. The van der Waals surface area contributed by atoms with Crippen LogP contribution in [0.15, 0.2) is 42.7 Å². The van der Waals surface area contributed by atoms with E-state index >= 15 is 4.39 Å². The molecule has 1 amide bonds. The maximum Gasteiger partial charge on any atom is 0.435 e. The number of methoxy groups -OCH3 is 1. The molecule has 13 heteroatoms. The van der Waals surface area contributed by atoms with E-state index in [0.29, 0.717) is 30.1 Å². The number of likely N-dealkylation sites (tertiary alicyclic amines) is 1. The molecule has 1 fully saturated rings. The molecule has 44 heavy (non-hydrogen) atoms. The average molecular weight is 608 g/mol. The van der Waals surface area contributed by atoms with Crippen molar-refractivity contribution in [1.29, 1.82) is 0 Å². The van der Waals surface area contributed by atoms with Gasteiger partial charge in [-0.25, -0.2) is 23.9 Å². The van der Waals surface area contributed by atoms with E-state index < -0.39 is 23.1 Å². The molecule has 1 N–H and O–H groups in total. The van der Waals surface area contributed by atoms with Crippen LogP contribution in [0, 0.1) is 5.82 Å². The molecule has 0 saturated carbocycles. The normalized spacial score (nSPS) is 14.5. The molecule has 0 aliphatic carbocycles. The van der Waals surface area contributed by atoms with Crippen LogP contribution in [0.2, 0.25) is 0 Å². The van der Waals surface area contributed by atoms with Crippen molar-refractivity contribution in [3.8, 4) is 17.0 Å². The predicted molar refractivity (Wildman–Crippen MR) is 163 cm³/mol. The highest BCUT2D eigenvalue weighted by atomic mass is 19.1. The molecule has 1 aromatic carbocycles. The first-order valence-corrected chi connectivity index (χ1v) is 14.5. The van der Waals surface area contributed by atoms with Gasteiger partial charge in [0.15, 0.2) is 17.3 Å². The Balaban J connectivity index is 1.41. The number of piperidine rings is 1. The second-order valence-corrected chi connectivity index (χ2v) is 12.6. The van der Waals surface area contributed by atoms with E-state index in [9.17, 15) is 9.59 Å². The smallest absolute Gasteiger partial charge is 0.435 e. The quantitative estimate of drug-likeness (QED) is 0.269. The minimum absolute atomic E-state index is 0.0644. The standard InChI is InChI=1S/C31H38FN7O5/c1-30(2,3)43-28(40)37-14-11-19(12-15-37)38-16-13-21-27(38)35-25(18-33-21)34-24-17-22(26-20(32)9-8-10-23(26)42-7)39(36-24)29(41)44-31(4,5)6/h8-10,13,16-19H,11-12,14-15H2,1-7H3,(H,34,35,36). The van der Waals surface area contributed by atoms with Gasteiger partial charge in [-0.15, -0.1) is 5.10 Å². The number of carbonyl (C=O) groups is 2. The van der Waals surface area contributed by atoms with Crippen LogP contribution in [0.3, 0.4) is 0 Å². The summed E-state index contributed by atoms with van der Waals surface area (Å²) in [6.07, 6.45) is 3.89. The lowest BCUT2D eigenvalue weighted by Gasteiger charge is -2.34. The Labute approximate surface area is 255 Å². The third-order valence-corrected chi connectivity index (χ3v) is 6.91. The van der Waals surface area contributed by atoms with Gasteiger partial charge in [0.25, 0.3) is 0 Å². The number of amides is 1. The Kier molecular flexibility index (Phi) is 8.23. The number of halogens is 1. The summed E-state index contributed by atoms with van der Waals surface area (Å²) in [5.74, 6) is 0.258. The van der Waals surface area contributed by atoms with Crippen LogP contribution in [-0.2, 0) is 9.47 Å². The molecule has 5 rings (SSSR count). The highest BCUT2D eigenvalue weighted by molar-refractivity contribution is 5.82. The second-order valence-electron chi connectivity index (χ2n) is 12.6. The number of nitrogens with zero attached hydrogens (tertiary/aromatic N) is 6. The van der Waals surface area contributed by atoms with E-state index in [1.807, 2.05) is 33.0 Å². The minimum Gasteiger partial charge on any atom is -0.496 e. The molecule has 0 unspecified atom stereocenters. The number of nitrogens with one attached hydrogen (secondary N) is 1. The van der Waals surface area contributed by atoms with Crippen molar-refractivity contribution in [2.45, 2.75) is 71.6 Å². The fourth-order valence-corrected chi connectivity index (χ4v) is 5.04. The number of carbonyl (C=O) groups excluding carboxylic acids is 2. The molecule has 12 nitrogen and oxygen atoms in total. The first-order chi connectivity index (χ1) is 20.7. The zero-order valence-electron chi connectivity index (χ0n) is 26.0. The largest absolute Gasteiger partial charge is 0.496 e. The summed E-state index contributed by atoms with van der Waals surface area (Å²) >= 11 is 0. The lowest BCUT2D eigenvalue weighted by molar-refractivity contribution is 0.0189. The van der Waals surface area contributed by atoms with Gasteiger partial charge in [0.05, 0.1) is 24.6 Å². The van der Waals surface area contributed by atoms with E-state index in [-0.39, 0.29) is 35.0 Å². The maximum atomic E-state index is 15.1. The Hall–Kier alpha value is -4.68. The summed E-state index contributed by atoms with van der Waals surface area (Å²) in [4.78, 5) is 36.7. The zero-order chi connectivity index (χ0) is 31.8. The number of benzene rings is 1. The number of ether oxygens (including phenoxy) is 3. The number of rotatable bonds is 5. The van der Waals surface area contributed by atoms with E-state index in [2.05, 4.69) is 20.0 Å². The first-order valence-electron chi connectivity index (χ1n) is 14.5. The Morgan fingerprint density at radius 2 is 1.66 bits per heavy atom. The van der Waals surface area contributed by atoms with Crippen LogP contribution in [-0.4, -0.2) is 72.8 Å². The molecule has 0 bridgehead atoms. The summed E-state index contributed by atoms with van der Waals surface area (Å²) in [5.41, 5.74) is 0.224. The zero-order valence-corrected chi connectivity index (χ0v) is 26.0. The molecular formula is C31H38FN7O5. The highest BCUT2D eigenvalue weighted by Crippen LogP contribution is 2.35. The SMILES string of the molecule is COc1cccc(F)c1-c1cc(Nc2cnc3ccn(C4CCN(C(=O)OC(C)(C)C)CC4)c3n2)nn1C(=O)OC(C)(C)C. The number of fused-ring (bicyclic) bond motifs is 1. The summed E-state index contributed by atoms with van der Waals surface area (Å²) in [6.45, 7) is 11.9. The third kappa shape index (κ3) is 6.76. The monoisotopic (exact) mass is 607 g/mol. The molecule has 0 radical (unpaired) electrons. The third-order valence-electron chi connectivity index (χ3n) is 6.91.